The highest BCUT2D eigenvalue weighted by atomic mass is 16.5. The topological polar surface area (TPSA) is 49.7 Å². The number of aryl methyl sites for hydroxylation is 2. The van der Waals surface area contributed by atoms with E-state index in [9.17, 15) is 10.2 Å². The number of phenolic OH excluding ortho intramolecular Hbond substituents is 2. The van der Waals surface area contributed by atoms with Crippen LogP contribution in [-0.4, -0.2) is 17.3 Å². The van der Waals surface area contributed by atoms with Gasteiger partial charge in [-0.15, -0.1) is 0 Å². The van der Waals surface area contributed by atoms with E-state index in [-0.39, 0.29) is 11.5 Å². The van der Waals surface area contributed by atoms with E-state index in [0.717, 1.165) is 24.2 Å². The van der Waals surface area contributed by atoms with Crippen molar-refractivity contribution in [2.45, 2.75) is 12.8 Å². The molecule has 2 aromatic rings. The van der Waals surface area contributed by atoms with Crippen LogP contribution in [0.1, 0.15) is 11.1 Å². The van der Waals surface area contributed by atoms with Crippen molar-refractivity contribution in [1.29, 1.82) is 0 Å². The lowest BCUT2D eigenvalue weighted by Crippen LogP contribution is -1.91. The number of benzene rings is 2. The van der Waals surface area contributed by atoms with Gasteiger partial charge in [-0.05, 0) is 48.2 Å². The largest absolute Gasteiger partial charge is 0.504 e. The highest BCUT2D eigenvalue weighted by Crippen LogP contribution is 2.25. The van der Waals surface area contributed by atoms with Gasteiger partial charge in [0.1, 0.15) is 5.75 Å². The molecule has 0 saturated carbocycles. The SMILES string of the molecule is COc1ccc(CCc2ccc(O)c(O)c2)cc1. The molecule has 0 atom stereocenters. The van der Waals surface area contributed by atoms with Crippen LogP contribution in [0.4, 0.5) is 0 Å². The smallest absolute Gasteiger partial charge is 0.157 e. The molecule has 0 heterocycles. The van der Waals surface area contributed by atoms with Crippen LogP contribution in [0.5, 0.6) is 17.2 Å². The first kappa shape index (κ1) is 12.3. The van der Waals surface area contributed by atoms with E-state index in [1.165, 1.54) is 11.6 Å². The Balaban J connectivity index is 1.99. The molecule has 0 saturated heterocycles. The summed E-state index contributed by atoms with van der Waals surface area (Å²) in [4.78, 5) is 0. The summed E-state index contributed by atoms with van der Waals surface area (Å²) in [5.74, 6) is 0.700. The summed E-state index contributed by atoms with van der Waals surface area (Å²) in [6, 6.07) is 12.8. The molecule has 0 bridgehead atoms. The first-order valence-electron chi connectivity index (χ1n) is 5.83. The Morgan fingerprint density at radius 1 is 0.833 bits per heavy atom. The fraction of sp³-hybridized carbons (Fsp3) is 0.200. The highest BCUT2D eigenvalue weighted by molar-refractivity contribution is 5.40. The summed E-state index contributed by atoms with van der Waals surface area (Å²) in [5, 5.41) is 18.6. The van der Waals surface area contributed by atoms with Gasteiger partial charge in [0.05, 0.1) is 7.11 Å². The van der Waals surface area contributed by atoms with Crippen LogP contribution < -0.4 is 4.74 Å². The Morgan fingerprint density at radius 3 is 2.06 bits per heavy atom. The third-order valence-electron chi connectivity index (χ3n) is 2.90. The molecule has 0 spiro atoms. The molecule has 0 radical (unpaired) electrons. The van der Waals surface area contributed by atoms with Crippen LogP contribution in [0.3, 0.4) is 0 Å². The maximum absolute atomic E-state index is 9.40. The molecule has 0 amide bonds. The average Bonchev–Trinajstić information content (AvgIpc) is 2.41. The second kappa shape index (κ2) is 5.45. The van der Waals surface area contributed by atoms with Crippen molar-refractivity contribution in [2.24, 2.45) is 0 Å². The number of aromatic hydroxyl groups is 2. The lowest BCUT2D eigenvalue weighted by Gasteiger charge is -2.05. The molecule has 2 aromatic carbocycles. The molecule has 0 aliphatic rings. The molecular weight excluding hydrogens is 228 g/mol. The minimum Gasteiger partial charge on any atom is -0.504 e. The zero-order valence-corrected chi connectivity index (χ0v) is 10.3. The second-order valence-electron chi connectivity index (χ2n) is 4.17. The van der Waals surface area contributed by atoms with Crippen LogP contribution in [0.15, 0.2) is 42.5 Å². The number of phenols is 2. The summed E-state index contributed by atoms with van der Waals surface area (Å²) in [7, 11) is 1.65. The molecule has 0 aromatic heterocycles. The van der Waals surface area contributed by atoms with Gasteiger partial charge in [0.25, 0.3) is 0 Å². The van der Waals surface area contributed by atoms with Gasteiger partial charge in [-0.1, -0.05) is 18.2 Å². The number of rotatable bonds is 4. The predicted octanol–water partition coefficient (Wildman–Crippen LogP) is 2.89. The standard InChI is InChI=1S/C15H16O3/c1-18-13-7-4-11(5-8-13)2-3-12-6-9-14(16)15(17)10-12/h4-10,16-17H,2-3H2,1H3. The van der Waals surface area contributed by atoms with Gasteiger partial charge in [0, 0.05) is 0 Å². The Labute approximate surface area is 106 Å². The number of hydrogen-bond donors (Lipinski definition) is 2. The third kappa shape index (κ3) is 2.94. The lowest BCUT2D eigenvalue weighted by atomic mass is 10.0. The summed E-state index contributed by atoms with van der Waals surface area (Å²) in [6.07, 6.45) is 1.70. The zero-order valence-electron chi connectivity index (χ0n) is 10.3. The van der Waals surface area contributed by atoms with Crippen LogP contribution in [0.25, 0.3) is 0 Å². The maximum atomic E-state index is 9.40. The van der Waals surface area contributed by atoms with E-state index in [1.807, 2.05) is 30.3 Å². The van der Waals surface area contributed by atoms with Gasteiger partial charge in [0.15, 0.2) is 11.5 Å². The third-order valence-corrected chi connectivity index (χ3v) is 2.90. The molecule has 0 fully saturated rings. The van der Waals surface area contributed by atoms with Crippen LogP contribution >= 0.6 is 0 Å². The van der Waals surface area contributed by atoms with Crippen molar-refractivity contribution in [3.8, 4) is 17.2 Å². The quantitative estimate of drug-likeness (QED) is 0.813. The van der Waals surface area contributed by atoms with Gasteiger partial charge < -0.3 is 14.9 Å². The highest BCUT2D eigenvalue weighted by Gasteiger charge is 2.01. The molecular formula is C15H16O3. The van der Waals surface area contributed by atoms with Crippen molar-refractivity contribution in [3.05, 3.63) is 53.6 Å². The van der Waals surface area contributed by atoms with Gasteiger partial charge >= 0.3 is 0 Å². The average molecular weight is 244 g/mol. The number of ether oxygens (including phenoxy) is 1. The van der Waals surface area contributed by atoms with Crippen LogP contribution in [0.2, 0.25) is 0 Å². The predicted molar refractivity (Wildman–Crippen MR) is 70.2 cm³/mol. The van der Waals surface area contributed by atoms with Crippen LogP contribution in [0, 0.1) is 0 Å². The minimum absolute atomic E-state index is 0.0674. The van der Waals surface area contributed by atoms with Gasteiger partial charge in [-0.3, -0.25) is 0 Å². The first-order chi connectivity index (χ1) is 8.69. The lowest BCUT2D eigenvalue weighted by molar-refractivity contribution is 0.403. The summed E-state index contributed by atoms with van der Waals surface area (Å²) < 4.78 is 5.10. The molecule has 2 N–H and O–H groups in total. The Kier molecular flexibility index (Phi) is 3.72. The molecule has 2 rings (SSSR count). The molecule has 3 nitrogen and oxygen atoms in total. The molecule has 0 unspecified atom stereocenters. The van der Waals surface area contributed by atoms with Gasteiger partial charge in [-0.2, -0.15) is 0 Å². The maximum Gasteiger partial charge on any atom is 0.157 e. The Hall–Kier alpha value is -2.16. The monoisotopic (exact) mass is 244 g/mol. The zero-order chi connectivity index (χ0) is 13.0. The minimum atomic E-state index is -0.0804. The molecule has 3 heteroatoms. The van der Waals surface area contributed by atoms with Crippen molar-refractivity contribution in [3.63, 3.8) is 0 Å². The summed E-state index contributed by atoms with van der Waals surface area (Å²) in [6.45, 7) is 0. The van der Waals surface area contributed by atoms with Crippen molar-refractivity contribution >= 4 is 0 Å². The van der Waals surface area contributed by atoms with E-state index in [0.29, 0.717) is 0 Å². The summed E-state index contributed by atoms with van der Waals surface area (Å²) >= 11 is 0. The van der Waals surface area contributed by atoms with Crippen molar-refractivity contribution < 1.29 is 14.9 Å². The Morgan fingerprint density at radius 2 is 1.44 bits per heavy atom. The number of methoxy groups -OCH3 is 1. The van der Waals surface area contributed by atoms with Crippen molar-refractivity contribution in [1.82, 2.24) is 0 Å². The van der Waals surface area contributed by atoms with E-state index < -0.39 is 0 Å². The fourth-order valence-corrected chi connectivity index (χ4v) is 1.81. The molecule has 18 heavy (non-hydrogen) atoms. The second-order valence-corrected chi connectivity index (χ2v) is 4.17. The fourth-order valence-electron chi connectivity index (χ4n) is 1.81. The molecule has 94 valence electrons. The van der Waals surface area contributed by atoms with Crippen LogP contribution in [-0.2, 0) is 12.8 Å². The van der Waals surface area contributed by atoms with Crippen molar-refractivity contribution in [2.75, 3.05) is 7.11 Å². The molecule has 0 aliphatic carbocycles. The Bertz CT molecular complexity index is 518. The van der Waals surface area contributed by atoms with E-state index in [4.69, 9.17) is 4.74 Å². The molecule has 0 aliphatic heterocycles. The van der Waals surface area contributed by atoms with E-state index >= 15 is 0 Å². The van der Waals surface area contributed by atoms with Gasteiger partial charge in [-0.25, -0.2) is 0 Å². The number of hydrogen-bond acceptors (Lipinski definition) is 3. The van der Waals surface area contributed by atoms with E-state index in [2.05, 4.69) is 0 Å². The summed E-state index contributed by atoms with van der Waals surface area (Å²) in [5.41, 5.74) is 2.21. The first-order valence-corrected chi connectivity index (χ1v) is 5.83. The van der Waals surface area contributed by atoms with Gasteiger partial charge in [0.2, 0.25) is 0 Å². The van der Waals surface area contributed by atoms with E-state index in [1.54, 1.807) is 13.2 Å². The normalized spacial score (nSPS) is 10.3.